The third-order valence-corrected chi connectivity index (χ3v) is 5.26. The van der Waals surface area contributed by atoms with Crippen molar-refractivity contribution in [3.8, 4) is 0 Å². The fourth-order valence-corrected chi connectivity index (χ4v) is 4.11. The van der Waals surface area contributed by atoms with Crippen LogP contribution in [0, 0.1) is 0 Å². The van der Waals surface area contributed by atoms with Crippen LogP contribution in [0.15, 0.2) is 24.3 Å². The van der Waals surface area contributed by atoms with Crippen molar-refractivity contribution in [1.29, 1.82) is 0 Å². The maximum atomic E-state index is 12.3. The van der Waals surface area contributed by atoms with Gasteiger partial charge in [0.2, 0.25) is 0 Å². The van der Waals surface area contributed by atoms with Crippen LogP contribution in [0.25, 0.3) is 11.0 Å². The van der Waals surface area contributed by atoms with Crippen molar-refractivity contribution in [1.82, 2.24) is 24.4 Å². The molecule has 2 aliphatic heterocycles. The second kappa shape index (κ2) is 6.78. The van der Waals surface area contributed by atoms with E-state index in [1.165, 1.54) is 4.90 Å². The number of rotatable bonds is 4. The Morgan fingerprint density at radius 1 is 1.35 bits per heavy atom. The van der Waals surface area contributed by atoms with Crippen molar-refractivity contribution >= 4 is 33.2 Å². The fourth-order valence-electron chi connectivity index (χ4n) is 3.23. The molecule has 2 saturated heterocycles. The monoisotopic (exact) mass is 389 g/mol. The predicted octanol–water partition coefficient (Wildman–Crippen LogP) is -4.86. The van der Waals surface area contributed by atoms with Gasteiger partial charge in [0, 0.05) is 6.54 Å². The van der Waals surface area contributed by atoms with E-state index in [4.69, 9.17) is 4.84 Å². The van der Waals surface area contributed by atoms with Gasteiger partial charge in [-0.15, -0.1) is 5.10 Å². The first-order valence-electron chi connectivity index (χ1n) is 7.40. The van der Waals surface area contributed by atoms with E-state index in [0.717, 1.165) is 4.85 Å². The first kappa shape index (κ1) is 19.0. The predicted molar refractivity (Wildman–Crippen MR) is 79.4 cm³/mol. The molecule has 0 N–H and O–H groups in total. The fraction of sp³-hybridized carbons (Fsp3) is 0.385. The molecule has 2 fully saturated rings. The van der Waals surface area contributed by atoms with Crippen LogP contribution in [0.1, 0.15) is 6.42 Å². The quantitative estimate of drug-likeness (QED) is 0.288. The van der Waals surface area contributed by atoms with E-state index in [0.29, 0.717) is 15.3 Å². The molecule has 0 radical (unpaired) electrons. The van der Waals surface area contributed by atoms with Gasteiger partial charge in [0.05, 0.1) is 6.04 Å². The number of benzene rings is 1. The zero-order valence-corrected chi connectivity index (χ0v) is 16.5. The Hall–Kier alpha value is -1.73. The van der Waals surface area contributed by atoms with E-state index in [9.17, 15) is 22.6 Å². The number of amides is 2. The Morgan fingerprint density at radius 2 is 2.08 bits per heavy atom. The third kappa shape index (κ3) is 2.97. The Labute approximate surface area is 170 Å². The van der Waals surface area contributed by atoms with Gasteiger partial charge in [0.25, 0.3) is 11.8 Å². The topological polar surface area (TPSA) is 138 Å². The molecule has 132 valence electrons. The maximum absolute atomic E-state index is 12.3. The van der Waals surface area contributed by atoms with Gasteiger partial charge < -0.3 is 14.3 Å². The largest absolute Gasteiger partial charge is 1.00 e. The number of hydrogen-bond donors (Lipinski definition) is 0. The number of fused-ring (bicyclic) bond motifs is 2. The average molecular weight is 389 g/mol. The number of para-hydroxylation sites is 1. The second-order valence-corrected chi connectivity index (χ2v) is 6.95. The zero-order chi connectivity index (χ0) is 17.8. The average Bonchev–Trinajstić information content (AvgIpc) is 3.12. The molecular formula is C13H12N5NaO6S. The normalized spacial score (nSPS) is 22.0. The van der Waals surface area contributed by atoms with Crippen molar-refractivity contribution in [2.75, 3.05) is 13.2 Å². The molecule has 1 aromatic heterocycles. The van der Waals surface area contributed by atoms with Crippen molar-refractivity contribution in [2.45, 2.75) is 18.5 Å². The third-order valence-electron chi connectivity index (χ3n) is 4.33. The molecule has 2 aliphatic rings. The van der Waals surface area contributed by atoms with E-state index in [2.05, 4.69) is 10.3 Å². The van der Waals surface area contributed by atoms with Crippen molar-refractivity contribution < 1.29 is 57.0 Å². The van der Waals surface area contributed by atoms with Gasteiger partial charge >= 0.3 is 29.6 Å². The summed E-state index contributed by atoms with van der Waals surface area (Å²) in [5.74, 6) is -1.37. The van der Waals surface area contributed by atoms with E-state index < -0.39 is 40.8 Å². The summed E-state index contributed by atoms with van der Waals surface area (Å²) in [4.78, 5) is 31.9. The van der Waals surface area contributed by atoms with E-state index in [1.54, 1.807) is 24.3 Å². The Kier molecular flexibility index (Phi) is 4.96. The summed E-state index contributed by atoms with van der Waals surface area (Å²) in [5.41, 5.74) is 1.18. The summed E-state index contributed by atoms with van der Waals surface area (Å²) < 4.78 is 33.5. The van der Waals surface area contributed by atoms with Gasteiger partial charge in [-0.25, -0.2) is 12.7 Å². The van der Waals surface area contributed by atoms with Gasteiger partial charge in [-0.2, -0.15) is 0 Å². The second-order valence-electron chi connectivity index (χ2n) is 5.70. The van der Waals surface area contributed by atoms with E-state index >= 15 is 0 Å². The number of nitrogens with zero attached hydrogens (tertiary/aromatic N) is 5. The number of carbonyl (C=O) groups is 2. The molecule has 4 rings (SSSR count). The summed E-state index contributed by atoms with van der Waals surface area (Å²) in [5, 5.41) is 7.66. The van der Waals surface area contributed by atoms with Crippen LogP contribution < -0.4 is 34.4 Å². The number of carbonyl (C=O) groups excluding carboxylic acids is 2. The summed E-state index contributed by atoms with van der Waals surface area (Å²) in [6.45, 7) is -0.221. The molecule has 0 bridgehead atoms. The number of likely N-dealkylation sites (tertiary alicyclic amines) is 1. The molecule has 0 spiro atoms. The van der Waals surface area contributed by atoms with Crippen molar-refractivity contribution in [3.63, 3.8) is 0 Å². The van der Waals surface area contributed by atoms with Crippen LogP contribution in [0.3, 0.4) is 0 Å². The molecule has 2 aromatic rings. The maximum Gasteiger partial charge on any atom is 1.00 e. The van der Waals surface area contributed by atoms with Crippen LogP contribution in [-0.2, 0) is 19.9 Å². The summed E-state index contributed by atoms with van der Waals surface area (Å²) in [7, 11) is -4.85. The zero-order valence-electron chi connectivity index (χ0n) is 13.7. The molecule has 0 saturated carbocycles. The van der Waals surface area contributed by atoms with Crippen LogP contribution in [0.5, 0.6) is 0 Å². The molecule has 13 heteroatoms. The minimum Gasteiger partial charge on any atom is -0.731 e. The smallest absolute Gasteiger partial charge is 0.731 e. The van der Waals surface area contributed by atoms with Gasteiger partial charge in [-0.05, 0) is 23.8 Å². The van der Waals surface area contributed by atoms with Crippen LogP contribution in [-0.4, -0.2) is 74.4 Å². The molecule has 26 heavy (non-hydrogen) atoms. The molecule has 0 aliphatic carbocycles. The van der Waals surface area contributed by atoms with E-state index in [1.807, 2.05) is 0 Å². The van der Waals surface area contributed by atoms with Crippen molar-refractivity contribution in [3.05, 3.63) is 24.3 Å². The van der Waals surface area contributed by atoms with Crippen LogP contribution >= 0.6 is 0 Å². The summed E-state index contributed by atoms with van der Waals surface area (Å²) >= 11 is 0. The summed E-state index contributed by atoms with van der Waals surface area (Å²) in [6.07, 6.45) is 0.232. The van der Waals surface area contributed by atoms with Gasteiger partial charge in [-0.1, -0.05) is 17.0 Å². The van der Waals surface area contributed by atoms with Crippen molar-refractivity contribution in [2.24, 2.45) is 0 Å². The molecule has 2 atom stereocenters. The SMILES string of the molecule is O=C(COn1nnc2ccccc21)N1CC[C@@H]2[C@H]1C(=O)N2S(=O)(=O)[O-].[Na+]. The van der Waals surface area contributed by atoms with Gasteiger partial charge in [0.1, 0.15) is 17.1 Å². The van der Waals surface area contributed by atoms with Gasteiger partial charge in [0.15, 0.2) is 16.9 Å². The Morgan fingerprint density at radius 3 is 2.81 bits per heavy atom. The number of β-lactam (4-membered cyclic amide) rings is 1. The Balaban J connectivity index is 0.00000196. The molecule has 2 amide bonds. The Bertz CT molecular complexity index is 978. The molecule has 3 heterocycles. The first-order chi connectivity index (χ1) is 11.9. The standard InChI is InChI=1S/C13H13N5O6S.Na/c19-11(7-24-18-9-4-2-1-3-8(9)14-15-18)16-6-5-10-12(16)13(20)17(10)25(21,22)23;/h1-4,10,12H,5-7H2,(H,21,22,23);/q;+1/p-1/t10-,12+;/m1./s1. The van der Waals surface area contributed by atoms with Crippen LogP contribution in [0.2, 0.25) is 0 Å². The number of aromatic nitrogens is 3. The molecule has 11 nitrogen and oxygen atoms in total. The number of hydrogen-bond acceptors (Lipinski definition) is 8. The minimum absolute atomic E-state index is 0. The summed E-state index contributed by atoms with van der Waals surface area (Å²) in [6, 6.07) is 5.30. The van der Waals surface area contributed by atoms with Crippen LogP contribution in [0.4, 0.5) is 0 Å². The van der Waals surface area contributed by atoms with Gasteiger partial charge in [-0.3, -0.25) is 9.59 Å². The van der Waals surface area contributed by atoms with E-state index in [-0.39, 0.29) is 42.5 Å². The first-order valence-corrected chi connectivity index (χ1v) is 8.77. The molecule has 0 unspecified atom stereocenters. The minimum atomic E-state index is -4.85. The molecule has 1 aromatic carbocycles. The molecular weight excluding hydrogens is 377 g/mol.